The first-order valence-electron chi connectivity index (χ1n) is 6.94. The summed E-state index contributed by atoms with van der Waals surface area (Å²) in [6, 6.07) is 4.50. The lowest BCUT2D eigenvalue weighted by Gasteiger charge is -2.36. The van der Waals surface area contributed by atoms with Crippen molar-refractivity contribution in [1.82, 2.24) is 10.2 Å². The minimum Gasteiger partial charge on any atom is -0.377 e. The zero-order valence-electron chi connectivity index (χ0n) is 11.2. The molecule has 1 aromatic rings. The van der Waals surface area contributed by atoms with Crippen molar-refractivity contribution in [3.63, 3.8) is 0 Å². The lowest BCUT2D eigenvalue weighted by atomic mass is 10.1. The Morgan fingerprint density at radius 3 is 3.11 bits per heavy atom. The molecule has 5 heteroatoms. The van der Waals surface area contributed by atoms with Crippen LogP contribution in [0.25, 0.3) is 0 Å². The number of hydrogen-bond donors (Lipinski definition) is 1. The second-order valence-electron chi connectivity index (χ2n) is 5.36. The fourth-order valence-corrected chi connectivity index (χ4v) is 3.36. The van der Waals surface area contributed by atoms with E-state index in [2.05, 4.69) is 11.4 Å². The molecule has 19 heavy (non-hydrogen) atoms. The number of carbonyl (C=O) groups is 1. The van der Waals surface area contributed by atoms with Gasteiger partial charge in [0.15, 0.2) is 0 Å². The van der Waals surface area contributed by atoms with Crippen LogP contribution in [0, 0.1) is 5.92 Å². The number of carbonyl (C=O) groups excluding carboxylic acids is 1. The molecule has 0 aromatic carbocycles. The van der Waals surface area contributed by atoms with Gasteiger partial charge in [0.2, 0.25) is 0 Å². The highest BCUT2D eigenvalue weighted by Crippen LogP contribution is 2.36. The van der Waals surface area contributed by atoms with E-state index in [-0.39, 0.29) is 18.1 Å². The van der Waals surface area contributed by atoms with Gasteiger partial charge >= 0.3 is 6.03 Å². The maximum atomic E-state index is 12.4. The molecule has 2 atom stereocenters. The SMILES string of the molecule is C[C@H](NC(=O)N1CCOC[C@@H]1C1CC1)c1cccs1. The Bertz CT molecular complexity index is 431. The fourth-order valence-electron chi connectivity index (χ4n) is 2.62. The molecule has 2 amide bonds. The number of rotatable bonds is 3. The van der Waals surface area contributed by atoms with Crippen molar-refractivity contribution in [3.8, 4) is 0 Å². The lowest BCUT2D eigenvalue weighted by molar-refractivity contribution is 0.00424. The van der Waals surface area contributed by atoms with Crippen LogP contribution in [0.1, 0.15) is 30.7 Å². The van der Waals surface area contributed by atoms with Gasteiger partial charge in [-0.3, -0.25) is 0 Å². The highest BCUT2D eigenvalue weighted by atomic mass is 32.1. The second kappa shape index (κ2) is 5.51. The molecule has 1 saturated carbocycles. The Balaban J connectivity index is 1.62. The van der Waals surface area contributed by atoms with Crippen molar-refractivity contribution in [2.45, 2.75) is 31.8 Å². The lowest BCUT2D eigenvalue weighted by Crippen LogP contribution is -2.53. The molecule has 0 bridgehead atoms. The van der Waals surface area contributed by atoms with Crippen LogP contribution in [0.5, 0.6) is 0 Å². The molecule has 1 aliphatic carbocycles. The van der Waals surface area contributed by atoms with Gasteiger partial charge in [0, 0.05) is 11.4 Å². The highest BCUT2D eigenvalue weighted by Gasteiger charge is 2.39. The Morgan fingerprint density at radius 1 is 1.58 bits per heavy atom. The van der Waals surface area contributed by atoms with E-state index in [1.165, 1.54) is 17.7 Å². The number of urea groups is 1. The van der Waals surface area contributed by atoms with Crippen LogP contribution in [0.3, 0.4) is 0 Å². The van der Waals surface area contributed by atoms with Gasteiger partial charge in [-0.05, 0) is 37.1 Å². The number of morpholine rings is 1. The molecule has 2 aliphatic rings. The van der Waals surface area contributed by atoms with Crippen molar-refractivity contribution >= 4 is 17.4 Å². The summed E-state index contributed by atoms with van der Waals surface area (Å²) in [5.41, 5.74) is 0. The van der Waals surface area contributed by atoms with E-state index in [0.29, 0.717) is 25.7 Å². The number of nitrogens with zero attached hydrogens (tertiary/aromatic N) is 1. The number of ether oxygens (including phenoxy) is 1. The first-order valence-corrected chi connectivity index (χ1v) is 7.82. The number of hydrogen-bond acceptors (Lipinski definition) is 3. The molecule has 2 fully saturated rings. The molecule has 1 aromatic heterocycles. The summed E-state index contributed by atoms with van der Waals surface area (Å²) in [5, 5.41) is 5.15. The molecule has 104 valence electrons. The average molecular weight is 280 g/mol. The van der Waals surface area contributed by atoms with Gasteiger partial charge in [0.25, 0.3) is 0 Å². The predicted octanol–water partition coefficient (Wildman–Crippen LogP) is 2.63. The Hall–Kier alpha value is -1.07. The van der Waals surface area contributed by atoms with E-state index in [0.717, 1.165) is 0 Å². The Morgan fingerprint density at radius 2 is 2.42 bits per heavy atom. The van der Waals surface area contributed by atoms with Crippen molar-refractivity contribution in [2.24, 2.45) is 5.92 Å². The molecule has 2 heterocycles. The third-order valence-corrected chi connectivity index (χ3v) is 4.96. The third-order valence-electron chi connectivity index (χ3n) is 3.90. The molecule has 4 nitrogen and oxygen atoms in total. The van der Waals surface area contributed by atoms with Gasteiger partial charge in [-0.15, -0.1) is 11.3 Å². The number of thiophene rings is 1. The zero-order chi connectivity index (χ0) is 13.2. The molecule has 1 aliphatic heterocycles. The summed E-state index contributed by atoms with van der Waals surface area (Å²) >= 11 is 1.68. The van der Waals surface area contributed by atoms with E-state index in [9.17, 15) is 4.79 Å². The molecule has 0 unspecified atom stereocenters. The molecule has 0 spiro atoms. The molecular weight excluding hydrogens is 260 g/mol. The summed E-state index contributed by atoms with van der Waals surface area (Å²) in [6.07, 6.45) is 2.47. The number of nitrogens with one attached hydrogen (secondary N) is 1. The fraction of sp³-hybridized carbons (Fsp3) is 0.643. The van der Waals surface area contributed by atoms with Gasteiger partial charge < -0.3 is 15.0 Å². The van der Waals surface area contributed by atoms with Gasteiger partial charge in [-0.2, -0.15) is 0 Å². The summed E-state index contributed by atoms with van der Waals surface area (Å²) in [5.74, 6) is 0.656. The van der Waals surface area contributed by atoms with E-state index in [1.54, 1.807) is 11.3 Å². The van der Waals surface area contributed by atoms with Gasteiger partial charge in [-0.25, -0.2) is 4.79 Å². The van der Waals surface area contributed by atoms with E-state index < -0.39 is 0 Å². The summed E-state index contributed by atoms with van der Waals surface area (Å²) in [7, 11) is 0. The van der Waals surface area contributed by atoms with Crippen LogP contribution in [0.4, 0.5) is 4.79 Å². The normalized spacial score (nSPS) is 25.1. The molecule has 0 radical (unpaired) electrons. The molecular formula is C14H20N2O2S. The van der Waals surface area contributed by atoms with E-state index >= 15 is 0 Å². The zero-order valence-corrected chi connectivity index (χ0v) is 12.0. The first kappa shape index (κ1) is 12.9. The largest absolute Gasteiger partial charge is 0.377 e. The van der Waals surface area contributed by atoms with Gasteiger partial charge in [-0.1, -0.05) is 6.07 Å². The van der Waals surface area contributed by atoms with Crippen LogP contribution in [0.2, 0.25) is 0 Å². The van der Waals surface area contributed by atoms with Gasteiger partial charge in [0.05, 0.1) is 25.3 Å². The second-order valence-corrected chi connectivity index (χ2v) is 6.34. The summed E-state index contributed by atoms with van der Waals surface area (Å²) in [6.45, 7) is 4.11. The van der Waals surface area contributed by atoms with Gasteiger partial charge in [0.1, 0.15) is 0 Å². The van der Waals surface area contributed by atoms with Crippen LogP contribution >= 0.6 is 11.3 Å². The standard InChI is InChI=1S/C14H20N2O2S/c1-10(13-3-2-8-19-13)15-14(17)16-6-7-18-9-12(16)11-4-5-11/h2-3,8,10-12H,4-7,9H2,1H3,(H,15,17)/t10-,12+/m0/s1. The first-order chi connectivity index (χ1) is 9.25. The molecule has 1 saturated heterocycles. The Kier molecular flexibility index (Phi) is 3.75. The van der Waals surface area contributed by atoms with E-state index in [4.69, 9.17) is 4.74 Å². The predicted molar refractivity (Wildman–Crippen MR) is 75.3 cm³/mol. The maximum Gasteiger partial charge on any atom is 0.318 e. The average Bonchev–Trinajstić information content (AvgIpc) is 3.12. The molecule has 1 N–H and O–H groups in total. The van der Waals surface area contributed by atoms with Crippen molar-refractivity contribution in [2.75, 3.05) is 19.8 Å². The van der Waals surface area contributed by atoms with E-state index in [1.807, 2.05) is 23.3 Å². The van der Waals surface area contributed by atoms with Crippen molar-refractivity contribution in [1.29, 1.82) is 0 Å². The third kappa shape index (κ3) is 2.92. The minimum absolute atomic E-state index is 0.0566. The number of amides is 2. The van der Waals surface area contributed by atoms with Crippen LogP contribution in [-0.4, -0.2) is 36.7 Å². The topological polar surface area (TPSA) is 41.6 Å². The maximum absolute atomic E-state index is 12.4. The van der Waals surface area contributed by atoms with Crippen LogP contribution in [0.15, 0.2) is 17.5 Å². The quantitative estimate of drug-likeness (QED) is 0.924. The van der Waals surface area contributed by atoms with Crippen LogP contribution in [-0.2, 0) is 4.74 Å². The highest BCUT2D eigenvalue weighted by molar-refractivity contribution is 7.10. The van der Waals surface area contributed by atoms with Crippen molar-refractivity contribution in [3.05, 3.63) is 22.4 Å². The van der Waals surface area contributed by atoms with Crippen molar-refractivity contribution < 1.29 is 9.53 Å². The monoisotopic (exact) mass is 280 g/mol. The summed E-state index contributed by atoms with van der Waals surface area (Å²) in [4.78, 5) is 15.6. The van der Waals surface area contributed by atoms with Crippen LogP contribution < -0.4 is 5.32 Å². The summed E-state index contributed by atoms with van der Waals surface area (Å²) < 4.78 is 5.52. The molecule has 3 rings (SSSR count). The smallest absolute Gasteiger partial charge is 0.318 e. The Labute approximate surface area is 117 Å². The minimum atomic E-state index is 0.0566.